The molecule has 0 aromatic heterocycles. The molecule has 0 unspecified atom stereocenters. The Morgan fingerprint density at radius 2 is 2.12 bits per heavy atom. The second kappa shape index (κ2) is 4.04. The molecule has 90 valence electrons. The van der Waals surface area contributed by atoms with Gasteiger partial charge in [0.15, 0.2) is 0 Å². The van der Waals surface area contributed by atoms with E-state index in [1.54, 1.807) is 0 Å². The molecule has 1 aromatic carbocycles. The van der Waals surface area contributed by atoms with E-state index in [0.717, 1.165) is 0 Å². The maximum absolute atomic E-state index is 13.2. The van der Waals surface area contributed by atoms with E-state index in [2.05, 4.69) is 5.32 Å². The molecule has 1 aliphatic heterocycles. The summed E-state index contributed by atoms with van der Waals surface area (Å²) in [4.78, 5) is 0. The van der Waals surface area contributed by atoms with Gasteiger partial charge in [-0.25, -0.2) is 0 Å². The van der Waals surface area contributed by atoms with E-state index in [1.165, 1.54) is 24.3 Å². The van der Waals surface area contributed by atoms with E-state index in [1.807, 2.05) is 6.07 Å². The number of benzene rings is 1. The first-order valence-corrected chi connectivity index (χ1v) is 5.28. The second-order valence-corrected chi connectivity index (χ2v) is 4.20. The zero-order valence-electron chi connectivity index (χ0n) is 9.01. The van der Waals surface area contributed by atoms with Crippen LogP contribution in [0, 0.1) is 11.3 Å². The molecule has 0 spiro atoms. The molecule has 0 amide bonds. The number of nitriles is 1. The van der Waals surface area contributed by atoms with Crippen molar-refractivity contribution in [3.63, 3.8) is 0 Å². The SMILES string of the molecule is N#Cc1cccc([C@]2(C(F)(F)F)CCNC2)c1. The summed E-state index contributed by atoms with van der Waals surface area (Å²) in [5.74, 6) is 0. The van der Waals surface area contributed by atoms with Gasteiger partial charge in [-0.2, -0.15) is 18.4 Å². The van der Waals surface area contributed by atoms with Crippen LogP contribution in [0.2, 0.25) is 0 Å². The summed E-state index contributed by atoms with van der Waals surface area (Å²) in [6, 6.07) is 7.66. The summed E-state index contributed by atoms with van der Waals surface area (Å²) in [5, 5.41) is 11.5. The zero-order valence-corrected chi connectivity index (χ0v) is 9.01. The highest BCUT2D eigenvalue weighted by molar-refractivity contribution is 5.38. The molecule has 2 rings (SSSR count). The predicted molar refractivity (Wildman–Crippen MR) is 56.4 cm³/mol. The lowest BCUT2D eigenvalue weighted by Crippen LogP contribution is -2.44. The van der Waals surface area contributed by atoms with Crippen LogP contribution in [-0.4, -0.2) is 19.3 Å². The lowest BCUT2D eigenvalue weighted by Gasteiger charge is -2.31. The summed E-state index contributed by atoms with van der Waals surface area (Å²) in [5.41, 5.74) is -1.41. The Balaban J connectivity index is 2.51. The van der Waals surface area contributed by atoms with Gasteiger partial charge in [0.05, 0.1) is 11.6 Å². The molecule has 1 atom stereocenters. The highest BCUT2D eigenvalue weighted by atomic mass is 19.4. The van der Waals surface area contributed by atoms with E-state index in [0.29, 0.717) is 6.54 Å². The third-order valence-corrected chi connectivity index (χ3v) is 3.24. The highest BCUT2D eigenvalue weighted by Gasteiger charge is 2.57. The van der Waals surface area contributed by atoms with E-state index < -0.39 is 11.6 Å². The van der Waals surface area contributed by atoms with E-state index in [4.69, 9.17) is 5.26 Å². The Morgan fingerprint density at radius 3 is 2.65 bits per heavy atom. The highest BCUT2D eigenvalue weighted by Crippen LogP contribution is 2.45. The molecule has 17 heavy (non-hydrogen) atoms. The number of nitrogens with zero attached hydrogens (tertiary/aromatic N) is 1. The van der Waals surface area contributed by atoms with Crippen molar-refractivity contribution in [1.82, 2.24) is 5.32 Å². The van der Waals surface area contributed by atoms with Gasteiger partial charge in [-0.15, -0.1) is 0 Å². The van der Waals surface area contributed by atoms with Crippen LogP contribution in [-0.2, 0) is 5.41 Å². The Labute approximate surface area is 97.1 Å². The standard InChI is InChI=1S/C12H11F3N2/c13-12(14,15)11(4-5-17-8-11)10-3-1-2-9(6-10)7-16/h1-3,6,17H,4-5,8H2/t11-/m0/s1. The molecule has 2 nitrogen and oxygen atoms in total. The monoisotopic (exact) mass is 240 g/mol. The average molecular weight is 240 g/mol. The minimum Gasteiger partial charge on any atom is -0.315 e. The predicted octanol–water partition coefficient (Wildman–Crippen LogP) is 2.35. The molecule has 5 heteroatoms. The first-order chi connectivity index (χ1) is 7.99. The van der Waals surface area contributed by atoms with Gasteiger partial charge in [-0.1, -0.05) is 12.1 Å². The maximum Gasteiger partial charge on any atom is 0.399 e. The normalized spacial score (nSPS) is 24.6. The molecule has 0 bridgehead atoms. The molecular formula is C12H11F3N2. The minimum absolute atomic E-state index is 0.0192. The van der Waals surface area contributed by atoms with Crippen LogP contribution in [0.15, 0.2) is 24.3 Å². The third kappa shape index (κ3) is 1.89. The number of hydrogen-bond donors (Lipinski definition) is 1. The minimum atomic E-state index is -4.30. The summed E-state index contributed by atoms with van der Waals surface area (Å²) in [6.07, 6.45) is -4.28. The first kappa shape index (κ1) is 11.9. The Kier molecular flexibility index (Phi) is 2.84. The summed E-state index contributed by atoms with van der Waals surface area (Å²) >= 11 is 0. The van der Waals surface area contributed by atoms with Gasteiger partial charge in [0, 0.05) is 6.54 Å². The topological polar surface area (TPSA) is 35.8 Å². The van der Waals surface area contributed by atoms with Crippen LogP contribution in [0.25, 0.3) is 0 Å². The van der Waals surface area contributed by atoms with Gasteiger partial charge in [-0.05, 0) is 30.7 Å². The van der Waals surface area contributed by atoms with Crippen LogP contribution < -0.4 is 5.32 Å². The van der Waals surface area contributed by atoms with Crippen molar-refractivity contribution >= 4 is 0 Å². The summed E-state index contributed by atoms with van der Waals surface area (Å²) in [7, 11) is 0. The van der Waals surface area contributed by atoms with Crippen LogP contribution in [0.4, 0.5) is 13.2 Å². The van der Waals surface area contributed by atoms with Gasteiger partial charge in [0.1, 0.15) is 5.41 Å². The van der Waals surface area contributed by atoms with Gasteiger partial charge in [0.25, 0.3) is 0 Å². The van der Waals surface area contributed by atoms with Gasteiger partial charge in [-0.3, -0.25) is 0 Å². The third-order valence-electron chi connectivity index (χ3n) is 3.24. The fourth-order valence-electron chi connectivity index (χ4n) is 2.23. The van der Waals surface area contributed by atoms with Crippen LogP contribution in [0.5, 0.6) is 0 Å². The molecule has 1 N–H and O–H groups in total. The Bertz CT molecular complexity index is 454. The Morgan fingerprint density at radius 1 is 1.35 bits per heavy atom. The molecule has 1 fully saturated rings. The number of rotatable bonds is 1. The van der Waals surface area contributed by atoms with Gasteiger partial charge in [0.2, 0.25) is 0 Å². The lowest BCUT2D eigenvalue weighted by atomic mass is 9.78. The van der Waals surface area contributed by atoms with Crippen molar-refractivity contribution in [2.24, 2.45) is 0 Å². The zero-order chi connectivity index (χ0) is 12.5. The summed E-state index contributed by atoms with van der Waals surface area (Å²) in [6.45, 7) is 0.224. The van der Waals surface area contributed by atoms with Crippen molar-refractivity contribution in [2.75, 3.05) is 13.1 Å². The lowest BCUT2D eigenvalue weighted by molar-refractivity contribution is -0.184. The van der Waals surface area contributed by atoms with Gasteiger partial charge >= 0.3 is 6.18 Å². The van der Waals surface area contributed by atoms with E-state index in [9.17, 15) is 13.2 Å². The quantitative estimate of drug-likeness (QED) is 0.817. The fraction of sp³-hybridized carbons (Fsp3) is 0.417. The number of halogens is 3. The van der Waals surface area contributed by atoms with Crippen LogP contribution in [0.3, 0.4) is 0 Å². The molecule has 1 saturated heterocycles. The number of alkyl halides is 3. The molecule has 0 saturated carbocycles. The maximum atomic E-state index is 13.2. The van der Waals surface area contributed by atoms with Gasteiger partial charge < -0.3 is 5.32 Å². The van der Waals surface area contributed by atoms with Crippen molar-refractivity contribution < 1.29 is 13.2 Å². The van der Waals surface area contributed by atoms with Crippen LogP contribution in [0.1, 0.15) is 17.5 Å². The van der Waals surface area contributed by atoms with E-state index in [-0.39, 0.29) is 24.1 Å². The smallest absolute Gasteiger partial charge is 0.315 e. The largest absolute Gasteiger partial charge is 0.399 e. The fourth-order valence-corrected chi connectivity index (χ4v) is 2.23. The number of nitrogens with one attached hydrogen (secondary N) is 1. The Hall–Kier alpha value is -1.54. The second-order valence-electron chi connectivity index (χ2n) is 4.20. The van der Waals surface area contributed by atoms with E-state index >= 15 is 0 Å². The van der Waals surface area contributed by atoms with Crippen molar-refractivity contribution in [3.8, 4) is 6.07 Å². The molecular weight excluding hydrogens is 229 g/mol. The first-order valence-electron chi connectivity index (χ1n) is 5.28. The van der Waals surface area contributed by atoms with Crippen LogP contribution >= 0.6 is 0 Å². The van der Waals surface area contributed by atoms with Crippen molar-refractivity contribution in [1.29, 1.82) is 5.26 Å². The molecule has 0 radical (unpaired) electrons. The molecule has 1 heterocycles. The summed E-state index contributed by atoms with van der Waals surface area (Å²) < 4.78 is 39.6. The average Bonchev–Trinajstić information content (AvgIpc) is 2.79. The molecule has 1 aliphatic rings. The van der Waals surface area contributed by atoms with Crippen molar-refractivity contribution in [2.45, 2.75) is 18.0 Å². The molecule has 1 aromatic rings. The number of hydrogen-bond acceptors (Lipinski definition) is 2. The van der Waals surface area contributed by atoms with Crippen molar-refractivity contribution in [3.05, 3.63) is 35.4 Å². The molecule has 0 aliphatic carbocycles.